The van der Waals surface area contributed by atoms with Crippen LogP contribution in [-0.4, -0.2) is 34.7 Å². The molecular weight excluding hydrogens is 328 g/mol. The molecule has 1 saturated carbocycles. The summed E-state index contributed by atoms with van der Waals surface area (Å²) < 4.78 is 0. The number of likely N-dealkylation sites (tertiary alicyclic amines) is 1. The molecule has 26 heavy (non-hydrogen) atoms. The molecule has 0 bridgehead atoms. The lowest BCUT2D eigenvalue weighted by Gasteiger charge is -2.33. The van der Waals surface area contributed by atoms with Crippen molar-refractivity contribution in [1.82, 2.24) is 10.2 Å². The minimum Gasteiger partial charge on any atom is -0.351 e. The fourth-order valence-corrected chi connectivity index (χ4v) is 4.72. The van der Waals surface area contributed by atoms with Crippen molar-refractivity contribution in [2.75, 3.05) is 0 Å². The molecule has 1 saturated heterocycles. The number of hydrogen-bond donors (Lipinski definition) is 1. The van der Waals surface area contributed by atoms with Crippen LogP contribution in [0.25, 0.3) is 0 Å². The Morgan fingerprint density at radius 3 is 2.23 bits per heavy atom. The maximum atomic E-state index is 13.1. The van der Waals surface area contributed by atoms with Crippen LogP contribution in [0.3, 0.4) is 0 Å². The molecule has 2 aliphatic carbocycles. The van der Waals surface area contributed by atoms with Crippen LogP contribution >= 0.6 is 0 Å². The molecule has 5 unspecified atom stereocenters. The van der Waals surface area contributed by atoms with Gasteiger partial charge in [0.2, 0.25) is 17.7 Å². The van der Waals surface area contributed by atoms with Gasteiger partial charge >= 0.3 is 0 Å². The van der Waals surface area contributed by atoms with E-state index >= 15 is 0 Å². The normalized spacial score (nSPS) is 32.7. The Labute approximate surface area is 156 Å². The van der Waals surface area contributed by atoms with Crippen molar-refractivity contribution >= 4 is 17.7 Å². The first kappa shape index (κ1) is 19.1. The van der Waals surface area contributed by atoms with Gasteiger partial charge < -0.3 is 5.32 Å². The molecule has 5 nitrogen and oxygen atoms in total. The molecule has 144 valence electrons. The number of hydrogen-bond acceptors (Lipinski definition) is 3. The number of fused-ring (bicyclic) bond motifs is 1. The molecule has 0 aromatic rings. The summed E-state index contributed by atoms with van der Waals surface area (Å²) in [5.74, 6) is -0.318. The molecule has 5 heteroatoms. The fourth-order valence-electron chi connectivity index (χ4n) is 4.72. The molecule has 0 spiro atoms. The largest absolute Gasteiger partial charge is 0.351 e. The monoisotopic (exact) mass is 360 g/mol. The molecule has 1 aliphatic heterocycles. The number of nitrogens with one attached hydrogen (secondary N) is 1. The summed E-state index contributed by atoms with van der Waals surface area (Å²) in [7, 11) is 0. The van der Waals surface area contributed by atoms with Gasteiger partial charge in [0.15, 0.2) is 0 Å². The number of amides is 3. The third-order valence-corrected chi connectivity index (χ3v) is 6.29. The first-order chi connectivity index (χ1) is 12.4. The Morgan fingerprint density at radius 2 is 1.69 bits per heavy atom. The van der Waals surface area contributed by atoms with Crippen molar-refractivity contribution < 1.29 is 14.4 Å². The zero-order valence-electron chi connectivity index (χ0n) is 16.2. The van der Waals surface area contributed by atoms with Gasteiger partial charge in [-0.3, -0.25) is 19.3 Å². The second-order valence-electron chi connectivity index (χ2n) is 8.72. The van der Waals surface area contributed by atoms with E-state index in [0.29, 0.717) is 25.2 Å². The summed E-state index contributed by atoms with van der Waals surface area (Å²) in [6.07, 6.45) is 10.2. The van der Waals surface area contributed by atoms with Gasteiger partial charge in [-0.15, -0.1) is 0 Å². The Bertz CT molecular complexity index is 572. The minimum atomic E-state index is -0.672. The second-order valence-corrected chi connectivity index (χ2v) is 8.72. The predicted octanol–water partition coefficient (Wildman–Crippen LogP) is 3.05. The van der Waals surface area contributed by atoms with Crippen molar-refractivity contribution in [3.05, 3.63) is 12.2 Å². The Hall–Kier alpha value is -1.65. The van der Waals surface area contributed by atoms with E-state index in [1.165, 1.54) is 11.3 Å². The van der Waals surface area contributed by atoms with Crippen molar-refractivity contribution in [1.29, 1.82) is 0 Å². The molecule has 1 N–H and O–H groups in total. The van der Waals surface area contributed by atoms with E-state index < -0.39 is 6.04 Å². The molecule has 0 aromatic heterocycles. The van der Waals surface area contributed by atoms with Gasteiger partial charge in [-0.25, -0.2) is 0 Å². The highest BCUT2D eigenvalue weighted by atomic mass is 16.2. The van der Waals surface area contributed by atoms with Crippen LogP contribution < -0.4 is 5.32 Å². The van der Waals surface area contributed by atoms with E-state index in [1.54, 1.807) is 0 Å². The number of carbonyl (C=O) groups is 3. The van der Waals surface area contributed by atoms with Gasteiger partial charge in [0.05, 0.1) is 11.8 Å². The first-order valence-electron chi connectivity index (χ1n) is 10.2. The quantitative estimate of drug-likeness (QED) is 0.605. The fraction of sp³-hybridized carbons (Fsp3) is 0.762. The number of allylic oxidation sites excluding steroid dienone is 2. The summed E-state index contributed by atoms with van der Waals surface area (Å²) in [5, 5.41) is 3.17. The lowest BCUT2D eigenvalue weighted by Crippen LogP contribution is -2.54. The molecule has 1 heterocycles. The van der Waals surface area contributed by atoms with Gasteiger partial charge in [0.1, 0.15) is 6.04 Å². The highest BCUT2D eigenvalue weighted by Crippen LogP contribution is 2.37. The van der Waals surface area contributed by atoms with E-state index in [2.05, 4.69) is 12.2 Å². The zero-order valence-corrected chi connectivity index (χ0v) is 16.2. The van der Waals surface area contributed by atoms with E-state index in [9.17, 15) is 14.4 Å². The number of rotatable bonds is 5. The summed E-state index contributed by atoms with van der Waals surface area (Å²) in [6.45, 7) is 6.24. The Kier molecular flexibility index (Phi) is 5.83. The smallest absolute Gasteiger partial charge is 0.243 e. The van der Waals surface area contributed by atoms with Crippen LogP contribution in [0.2, 0.25) is 0 Å². The van der Waals surface area contributed by atoms with E-state index in [4.69, 9.17) is 0 Å². The SMILES string of the molecule is CC(C)CC(C(=O)NC1CCCCC1C)N1C(=O)C2CC=CCC2C1=O. The van der Waals surface area contributed by atoms with Crippen LogP contribution in [0.4, 0.5) is 0 Å². The zero-order chi connectivity index (χ0) is 18.8. The van der Waals surface area contributed by atoms with Crippen molar-refractivity contribution in [2.24, 2.45) is 23.7 Å². The highest BCUT2D eigenvalue weighted by Gasteiger charge is 2.51. The minimum absolute atomic E-state index is 0.147. The maximum Gasteiger partial charge on any atom is 0.243 e. The average Bonchev–Trinajstić information content (AvgIpc) is 2.86. The molecule has 3 aliphatic rings. The molecule has 3 amide bonds. The topological polar surface area (TPSA) is 66.5 Å². The van der Waals surface area contributed by atoms with E-state index in [0.717, 1.165) is 19.3 Å². The van der Waals surface area contributed by atoms with Crippen LogP contribution in [-0.2, 0) is 14.4 Å². The Morgan fingerprint density at radius 1 is 1.12 bits per heavy atom. The van der Waals surface area contributed by atoms with Crippen molar-refractivity contribution in [3.63, 3.8) is 0 Å². The van der Waals surface area contributed by atoms with Gasteiger partial charge in [-0.2, -0.15) is 0 Å². The predicted molar refractivity (Wildman–Crippen MR) is 100 cm³/mol. The van der Waals surface area contributed by atoms with Crippen LogP contribution in [0.5, 0.6) is 0 Å². The number of nitrogens with zero attached hydrogens (tertiary/aromatic N) is 1. The standard InChI is InChI=1S/C21H32N2O3/c1-13(2)12-18(19(24)22-17-11-7-4-8-14(17)3)23-20(25)15-9-5-6-10-16(15)21(23)26/h5-6,13-18H,4,7-12H2,1-3H3,(H,22,24). The van der Waals surface area contributed by atoms with Crippen molar-refractivity contribution in [3.8, 4) is 0 Å². The third-order valence-electron chi connectivity index (χ3n) is 6.29. The maximum absolute atomic E-state index is 13.1. The lowest BCUT2D eigenvalue weighted by molar-refractivity contribution is -0.148. The molecule has 3 rings (SSSR count). The summed E-state index contributed by atoms with van der Waals surface area (Å²) in [4.78, 5) is 40.3. The number of imide groups is 1. The van der Waals surface area contributed by atoms with Crippen LogP contribution in [0.1, 0.15) is 65.7 Å². The third kappa shape index (κ3) is 3.72. The van der Waals surface area contributed by atoms with Gasteiger partial charge in [0.25, 0.3) is 0 Å². The van der Waals surface area contributed by atoms with E-state index in [1.807, 2.05) is 26.0 Å². The highest BCUT2D eigenvalue weighted by molar-refractivity contribution is 6.08. The molecule has 5 atom stereocenters. The van der Waals surface area contributed by atoms with E-state index in [-0.39, 0.29) is 41.5 Å². The van der Waals surface area contributed by atoms with Gasteiger partial charge in [0, 0.05) is 6.04 Å². The Balaban J connectivity index is 1.78. The number of carbonyl (C=O) groups excluding carboxylic acids is 3. The lowest BCUT2D eigenvalue weighted by atomic mass is 9.85. The van der Waals surface area contributed by atoms with Gasteiger partial charge in [-0.1, -0.05) is 45.8 Å². The summed E-state index contributed by atoms with van der Waals surface area (Å²) in [6, 6.07) is -0.516. The van der Waals surface area contributed by atoms with Crippen LogP contribution in [0.15, 0.2) is 12.2 Å². The summed E-state index contributed by atoms with van der Waals surface area (Å²) in [5.41, 5.74) is 0. The first-order valence-corrected chi connectivity index (χ1v) is 10.2. The van der Waals surface area contributed by atoms with Crippen molar-refractivity contribution in [2.45, 2.75) is 77.8 Å². The summed E-state index contributed by atoms with van der Waals surface area (Å²) >= 11 is 0. The second kappa shape index (κ2) is 7.93. The molecule has 0 aromatic carbocycles. The van der Waals surface area contributed by atoms with Crippen LogP contribution in [0, 0.1) is 23.7 Å². The van der Waals surface area contributed by atoms with Gasteiger partial charge in [-0.05, 0) is 43.9 Å². The molecule has 0 radical (unpaired) electrons. The average molecular weight is 360 g/mol. The molecule has 2 fully saturated rings. The molecular formula is C21H32N2O3.